The second kappa shape index (κ2) is 10.2. The molecule has 2 aromatic carbocycles. The van der Waals surface area contributed by atoms with E-state index in [1.807, 2.05) is 24.3 Å². The number of non-ortho nitro benzene ring substituents is 1. The Bertz CT molecular complexity index is 856. The van der Waals surface area contributed by atoms with Gasteiger partial charge in [-0.25, -0.2) is 0 Å². The third-order valence-electron chi connectivity index (χ3n) is 3.96. The molecule has 0 aliphatic rings. The van der Waals surface area contributed by atoms with Crippen LogP contribution in [0.5, 0.6) is 5.75 Å². The Morgan fingerprint density at radius 3 is 2.50 bits per heavy atom. The van der Waals surface area contributed by atoms with Gasteiger partial charge in [-0.1, -0.05) is 25.5 Å². The van der Waals surface area contributed by atoms with Gasteiger partial charge >= 0.3 is 0 Å². The fourth-order valence-corrected chi connectivity index (χ4v) is 2.63. The number of nitrogens with one attached hydrogen (secondary N) is 3. The number of anilines is 1. The molecule has 3 N–H and O–H groups in total. The topological polar surface area (TPSA) is 106 Å². The number of nitro groups is 1. The van der Waals surface area contributed by atoms with Crippen molar-refractivity contribution in [1.82, 2.24) is 10.9 Å². The molecule has 28 heavy (non-hydrogen) atoms. The first-order valence-electron chi connectivity index (χ1n) is 8.73. The molecule has 0 aliphatic carbocycles. The van der Waals surface area contributed by atoms with Crippen LogP contribution in [-0.4, -0.2) is 23.1 Å². The Kier molecular flexibility index (Phi) is 7.70. The molecule has 1 amide bonds. The lowest BCUT2D eigenvalue weighted by molar-refractivity contribution is -0.384. The summed E-state index contributed by atoms with van der Waals surface area (Å²) in [5.74, 6) is -0.397. The van der Waals surface area contributed by atoms with E-state index < -0.39 is 10.8 Å². The summed E-state index contributed by atoms with van der Waals surface area (Å²) in [6.45, 7) is 2.15. The molecule has 0 aliphatic heterocycles. The number of thiocarbonyl (C=S) groups is 1. The van der Waals surface area contributed by atoms with Crippen molar-refractivity contribution in [2.75, 3.05) is 12.4 Å². The maximum atomic E-state index is 12.3. The lowest BCUT2D eigenvalue weighted by Crippen LogP contribution is -2.43. The van der Waals surface area contributed by atoms with E-state index in [9.17, 15) is 14.9 Å². The molecule has 2 aromatic rings. The molecule has 0 saturated heterocycles. The van der Waals surface area contributed by atoms with Crippen LogP contribution in [0.25, 0.3) is 0 Å². The predicted octanol–water partition coefficient (Wildman–Crippen LogP) is 3.58. The molecule has 0 heterocycles. The van der Waals surface area contributed by atoms with Crippen LogP contribution in [0.2, 0.25) is 0 Å². The first-order valence-corrected chi connectivity index (χ1v) is 9.14. The van der Waals surface area contributed by atoms with Gasteiger partial charge in [0.25, 0.3) is 11.6 Å². The summed E-state index contributed by atoms with van der Waals surface area (Å²) in [5.41, 5.74) is 6.81. The van der Waals surface area contributed by atoms with Gasteiger partial charge < -0.3 is 10.1 Å². The molecule has 0 bridgehead atoms. The summed E-state index contributed by atoms with van der Waals surface area (Å²) in [7, 11) is 1.38. The number of carbonyl (C=O) groups excluding carboxylic acids is 1. The fraction of sp³-hybridized carbons (Fsp3) is 0.263. The molecule has 0 atom stereocenters. The third-order valence-corrected chi connectivity index (χ3v) is 4.16. The number of rotatable bonds is 7. The Morgan fingerprint density at radius 2 is 1.89 bits per heavy atom. The van der Waals surface area contributed by atoms with Crippen molar-refractivity contribution in [2.45, 2.75) is 26.2 Å². The van der Waals surface area contributed by atoms with E-state index >= 15 is 0 Å². The van der Waals surface area contributed by atoms with Crippen LogP contribution in [0, 0.1) is 10.1 Å². The second-order valence-electron chi connectivity index (χ2n) is 5.98. The molecular formula is C19H22N4O4S. The number of methoxy groups -OCH3 is 1. The van der Waals surface area contributed by atoms with Crippen LogP contribution >= 0.6 is 12.2 Å². The van der Waals surface area contributed by atoms with Crippen molar-refractivity contribution in [3.8, 4) is 5.75 Å². The maximum Gasteiger partial charge on any atom is 0.273 e. The number of nitrogens with zero attached hydrogens (tertiary/aromatic N) is 1. The highest BCUT2D eigenvalue weighted by Crippen LogP contribution is 2.23. The molecule has 0 saturated carbocycles. The summed E-state index contributed by atoms with van der Waals surface area (Å²) < 4.78 is 5.08. The smallest absolute Gasteiger partial charge is 0.273 e. The van der Waals surface area contributed by atoms with Crippen molar-refractivity contribution in [2.24, 2.45) is 0 Å². The van der Waals surface area contributed by atoms with Crippen molar-refractivity contribution < 1.29 is 14.5 Å². The van der Waals surface area contributed by atoms with Gasteiger partial charge in [0, 0.05) is 17.8 Å². The Balaban J connectivity index is 1.94. The van der Waals surface area contributed by atoms with Gasteiger partial charge in [-0.2, -0.15) is 0 Å². The highest BCUT2D eigenvalue weighted by atomic mass is 32.1. The van der Waals surface area contributed by atoms with Gasteiger partial charge in [-0.05, 0) is 48.8 Å². The van der Waals surface area contributed by atoms with Crippen LogP contribution in [0.1, 0.15) is 35.7 Å². The molecule has 148 valence electrons. The minimum absolute atomic E-state index is 0.0206. The standard InChI is InChI=1S/C19H22N4O4S/c1-3-4-5-13-6-8-14(9-7-13)20-19(28)22-21-18(24)16-12-15(23(25)26)10-11-17(16)27-2/h6-12H,3-5H2,1-2H3,(H,21,24)(H2,20,22,28). The summed E-state index contributed by atoms with van der Waals surface area (Å²) in [6.07, 6.45) is 3.31. The van der Waals surface area contributed by atoms with Gasteiger partial charge in [0.15, 0.2) is 5.11 Å². The van der Waals surface area contributed by atoms with E-state index in [4.69, 9.17) is 17.0 Å². The molecule has 0 spiro atoms. The predicted molar refractivity (Wildman–Crippen MR) is 112 cm³/mol. The van der Waals surface area contributed by atoms with Crippen LogP contribution in [-0.2, 0) is 6.42 Å². The first-order chi connectivity index (χ1) is 13.4. The zero-order valence-electron chi connectivity index (χ0n) is 15.7. The number of hydrogen-bond acceptors (Lipinski definition) is 5. The molecule has 8 nitrogen and oxygen atoms in total. The summed E-state index contributed by atoms with van der Waals surface area (Å²) in [5, 5.41) is 14.0. The van der Waals surface area contributed by atoms with Crippen LogP contribution in [0.3, 0.4) is 0 Å². The number of ether oxygens (including phenoxy) is 1. The lowest BCUT2D eigenvalue weighted by Gasteiger charge is -2.13. The molecular weight excluding hydrogens is 380 g/mol. The van der Waals surface area contributed by atoms with Crippen LogP contribution in [0.15, 0.2) is 42.5 Å². The van der Waals surface area contributed by atoms with E-state index in [-0.39, 0.29) is 22.1 Å². The molecule has 0 unspecified atom stereocenters. The first kappa shape index (κ1) is 21.1. The number of nitro benzene ring substituents is 1. The number of unbranched alkanes of at least 4 members (excludes halogenated alkanes) is 1. The summed E-state index contributed by atoms with van der Waals surface area (Å²) in [4.78, 5) is 22.7. The van der Waals surface area contributed by atoms with Gasteiger partial charge in [0.2, 0.25) is 0 Å². The second-order valence-corrected chi connectivity index (χ2v) is 6.38. The highest BCUT2D eigenvalue weighted by Gasteiger charge is 2.17. The fourth-order valence-electron chi connectivity index (χ4n) is 2.47. The van der Waals surface area contributed by atoms with E-state index in [1.165, 1.54) is 24.8 Å². The van der Waals surface area contributed by atoms with Crippen LogP contribution < -0.4 is 20.9 Å². The average molecular weight is 402 g/mol. The van der Waals surface area contributed by atoms with Gasteiger partial charge in [0.05, 0.1) is 17.6 Å². The van der Waals surface area contributed by atoms with Gasteiger partial charge in [0.1, 0.15) is 5.75 Å². The van der Waals surface area contributed by atoms with Gasteiger partial charge in [-0.3, -0.25) is 25.8 Å². The number of aryl methyl sites for hydroxylation is 1. The number of benzene rings is 2. The summed E-state index contributed by atoms with van der Waals surface area (Å²) in [6, 6.07) is 11.6. The zero-order chi connectivity index (χ0) is 20.5. The minimum Gasteiger partial charge on any atom is -0.496 e. The number of carbonyl (C=O) groups is 1. The van der Waals surface area contributed by atoms with Crippen molar-refractivity contribution in [1.29, 1.82) is 0 Å². The van der Waals surface area contributed by atoms with E-state index in [2.05, 4.69) is 23.1 Å². The van der Waals surface area contributed by atoms with E-state index in [1.54, 1.807) is 0 Å². The maximum absolute atomic E-state index is 12.3. The van der Waals surface area contributed by atoms with Crippen LogP contribution in [0.4, 0.5) is 11.4 Å². The molecule has 0 fully saturated rings. The Labute approximate surface area is 168 Å². The Morgan fingerprint density at radius 1 is 1.18 bits per heavy atom. The van der Waals surface area contributed by atoms with Crippen molar-refractivity contribution in [3.05, 3.63) is 63.7 Å². The number of amides is 1. The average Bonchev–Trinajstić information content (AvgIpc) is 2.70. The van der Waals surface area contributed by atoms with Crippen molar-refractivity contribution in [3.63, 3.8) is 0 Å². The molecule has 0 radical (unpaired) electrons. The SMILES string of the molecule is CCCCc1ccc(NC(=S)NNC(=O)c2cc([N+](=O)[O-])ccc2OC)cc1. The van der Waals surface area contributed by atoms with E-state index in [0.29, 0.717) is 0 Å². The van der Waals surface area contributed by atoms with E-state index in [0.717, 1.165) is 31.0 Å². The molecule has 9 heteroatoms. The highest BCUT2D eigenvalue weighted by molar-refractivity contribution is 7.80. The molecule has 0 aromatic heterocycles. The largest absolute Gasteiger partial charge is 0.496 e. The normalized spacial score (nSPS) is 10.1. The number of hydrazine groups is 1. The Hall–Kier alpha value is -3.20. The lowest BCUT2D eigenvalue weighted by atomic mass is 10.1. The summed E-state index contributed by atoms with van der Waals surface area (Å²) >= 11 is 5.16. The number of hydrogen-bond donors (Lipinski definition) is 3. The third kappa shape index (κ3) is 5.92. The zero-order valence-corrected chi connectivity index (χ0v) is 16.5. The monoisotopic (exact) mass is 402 g/mol. The quantitative estimate of drug-likeness (QED) is 0.369. The van der Waals surface area contributed by atoms with Gasteiger partial charge in [-0.15, -0.1) is 0 Å². The van der Waals surface area contributed by atoms with Crippen molar-refractivity contribution >= 4 is 34.6 Å². The molecule has 2 rings (SSSR count). The minimum atomic E-state index is -0.611.